The van der Waals surface area contributed by atoms with Crippen molar-refractivity contribution in [1.82, 2.24) is 14.7 Å². The number of ether oxygens (including phenoxy) is 3. The zero-order valence-electron chi connectivity index (χ0n) is 13.3. The van der Waals surface area contributed by atoms with Crippen molar-refractivity contribution in [3.63, 3.8) is 0 Å². The third-order valence-corrected chi connectivity index (χ3v) is 4.45. The molecule has 3 heterocycles. The third-order valence-electron chi connectivity index (χ3n) is 4.45. The maximum absolute atomic E-state index is 5.47. The Bertz CT molecular complexity index is 685. The molecule has 1 aromatic heterocycles. The largest absolute Gasteiger partial charge is 0.454 e. The molecule has 0 radical (unpaired) electrons. The van der Waals surface area contributed by atoms with E-state index in [-0.39, 0.29) is 0 Å². The van der Waals surface area contributed by atoms with E-state index < -0.39 is 0 Å². The number of methoxy groups -OCH3 is 1. The number of hydrogen-bond donors (Lipinski definition) is 0. The van der Waals surface area contributed by atoms with E-state index in [1.165, 1.54) is 11.3 Å². The smallest absolute Gasteiger partial charge is 0.231 e. The molecule has 1 atom stereocenters. The lowest BCUT2D eigenvalue weighted by atomic mass is 10.1. The van der Waals surface area contributed by atoms with Crippen LogP contribution < -0.4 is 9.47 Å². The summed E-state index contributed by atoms with van der Waals surface area (Å²) >= 11 is 0. The van der Waals surface area contributed by atoms with Gasteiger partial charge in [0.05, 0.1) is 11.7 Å². The molecule has 122 valence electrons. The average molecular weight is 315 g/mol. The molecule has 0 spiro atoms. The quantitative estimate of drug-likeness (QED) is 0.846. The van der Waals surface area contributed by atoms with E-state index >= 15 is 0 Å². The second-order valence-electron chi connectivity index (χ2n) is 6.06. The fraction of sp³-hybridized carbons (Fsp3) is 0.471. The van der Waals surface area contributed by atoms with E-state index in [0.29, 0.717) is 12.8 Å². The second kappa shape index (κ2) is 6.22. The van der Waals surface area contributed by atoms with E-state index in [4.69, 9.17) is 14.2 Å². The van der Waals surface area contributed by atoms with Gasteiger partial charge >= 0.3 is 0 Å². The van der Waals surface area contributed by atoms with Gasteiger partial charge in [0.15, 0.2) is 11.5 Å². The van der Waals surface area contributed by atoms with Gasteiger partial charge in [0, 0.05) is 39.5 Å². The van der Waals surface area contributed by atoms with Gasteiger partial charge in [-0.1, -0.05) is 6.07 Å². The molecule has 6 nitrogen and oxygen atoms in total. The van der Waals surface area contributed by atoms with Gasteiger partial charge in [-0.25, -0.2) is 0 Å². The van der Waals surface area contributed by atoms with Gasteiger partial charge in [-0.15, -0.1) is 0 Å². The van der Waals surface area contributed by atoms with E-state index in [1.807, 2.05) is 12.3 Å². The first-order chi connectivity index (χ1) is 11.3. The van der Waals surface area contributed by atoms with Gasteiger partial charge in [-0.3, -0.25) is 9.58 Å². The van der Waals surface area contributed by atoms with Crippen LogP contribution in [0.4, 0.5) is 0 Å². The van der Waals surface area contributed by atoms with Crippen LogP contribution in [0.1, 0.15) is 23.7 Å². The highest BCUT2D eigenvalue weighted by Gasteiger charge is 2.25. The molecule has 0 fully saturated rings. The number of benzene rings is 1. The fourth-order valence-corrected chi connectivity index (χ4v) is 3.35. The highest BCUT2D eigenvalue weighted by atomic mass is 16.7. The van der Waals surface area contributed by atoms with Crippen molar-refractivity contribution < 1.29 is 14.2 Å². The Morgan fingerprint density at radius 2 is 2.17 bits per heavy atom. The fourth-order valence-electron chi connectivity index (χ4n) is 3.35. The number of fused-ring (bicyclic) bond motifs is 2. The molecular formula is C17H21N3O3. The maximum atomic E-state index is 5.47. The van der Waals surface area contributed by atoms with Gasteiger partial charge in [0.25, 0.3) is 0 Å². The molecule has 0 saturated carbocycles. The van der Waals surface area contributed by atoms with Crippen molar-refractivity contribution >= 4 is 0 Å². The van der Waals surface area contributed by atoms with Crippen LogP contribution >= 0.6 is 0 Å². The molecule has 1 aromatic carbocycles. The molecule has 1 unspecified atom stereocenters. The molecular weight excluding hydrogens is 294 g/mol. The summed E-state index contributed by atoms with van der Waals surface area (Å²) in [6, 6.07) is 8.66. The van der Waals surface area contributed by atoms with Gasteiger partial charge in [-0.05, 0) is 30.2 Å². The lowest BCUT2D eigenvalue weighted by molar-refractivity contribution is 0.125. The second-order valence-corrected chi connectivity index (χ2v) is 6.06. The minimum absolute atomic E-state index is 0.320. The van der Waals surface area contributed by atoms with Crippen LogP contribution in [-0.4, -0.2) is 41.7 Å². The van der Waals surface area contributed by atoms with Crippen LogP contribution in [0.5, 0.6) is 11.5 Å². The molecule has 2 aromatic rings. The first kappa shape index (κ1) is 14.5. The molecule has 0 saturated heterocycles. The Balaban J connectivity index is 1.49. The van der Waals surface area contributed by atoms with E-state index in [2.05, 4.69) is 32.9 Å². The minimum Gasteiger partial charge on any atom is -0.454 e. The molecule has 2 aliphatic heterocycles. The molecule has 4 rings (SSSR count). The molecule has 2 aliphatic rings. The summed E-state index contributed by atoms with van der Waals surface area (Å²) in [4.78, 5) is 2.45. The number of aromatic nitrogens is 2. The lowest BCUT2D eigenvalue weighted by Gasteiger charge is -2.34. The Kier molecular flexibility index (Phi) is 3.93. The monoisotopic (exact) mass is 315 g/mol. The summed E-state index contributed by atoms with van der Waals surface area (Å²) in [6.07, 6.45) is 2.86. The van der Waals surface area contributed by atoms with Gasteiger partial charge in [0.1, 0.15) is 0 Å². The van der Waals surface area contributed by atoms with Gasteiger partial charge in [0.2, 0.25) is 6.79 Å². The highest BCUT2D eigenvalue weighted by Crippen LogP contribution is 2.33. The lowest BCUT2D eigenvalue weighted by Crippen LogP contribution is -2.37. The molecule has 0 amide bonds. The van der Waals surface area contributed by atoms with E-state index in [1.54, 1.807) is 7.11 Å². The van der Waals surface area contributed by atoms with Gasteiger partial charge < -0.3 is 14.2 Å². The van der Waals surface area contributed by atoms with E-state index in [9.17, 15) is 0 Å². The zero-order chi connectivity index (χ0) is 15.6. The summed E-state index contributed by atoms with van der Waals surface area (Å²) in [5.41, 5.74) is 2.51. The molecule has 0 aliphatic carbocycles. The predicted octanol–water partition coefficient (Wildman–Crippen LogP) is 2.21. The summed E-state index contributed by atoms with van der Waals surface area (Å²) in [7, 11) is 1.75. The van der Waals surface area contributed by atoms with Crippen LogP contribution in [0.15, 0.2) is 30.5 Å². The number of nitrogens with zero attached hydrogens (tertiary/aromatic N) is 3. The first-order valence-corrected chi connectivity index (χ1v) is 7.95. The zero-order valence-corrected chi connectivity index (χ0v) is 13.3. The Morgan fingerprint density at radius 1 is 1.26 bits per heavy atom. The summed E-state index contributed by atoms with van der Waals surface area (Å²) in [6.45, 7) is 3.86. The van der Waals surface area contributed by atoms with E-state index in [0.717, 1.165) is 44.2 Å². The normalized spacial score (nSPS) is 19.8. The average Bonchev–Trinajstić information content (AvgIpc) is 3.20. The number of rotatable bonds is 5. The van der Waals surface area contributed by atoms with Crippen molar-refractivity contribution in [3.8, 4) is 11.5 Å². The Labute approximate surface area is 135 Å². The summed E-state index contributed by atoms with van der Waals surface area (Å²) in [5.74, 6) is 1.68. The van der Waals surface area contributed by atoms with Crippen molar-refractivity contribution in [2.45, 2.75) is 25.6 Å². The summed E-state index contributed by atoms with van der Waals surface area (Å²) < 4.78 is 18.3. The SMILES string of the molecule is COCCC1CN(Cc2ccc3c(c2)OCO3)Cc2ccnn21. The Hall–Kier alpha value is -2.05. The molecule has 0 bridgehead atoms. The Morgan fingerprint density at radius 3 is 3.09 bits per heavy atom. The first-order valence-electron chi connectivity index (χ1n) is 7.95. The van der Waals surface area contributed by atoms with Crippen LogP contribution in [0.2, 0.25) is 0 Å². The van der Waals surface area contributed by atoms with Crippen molar-refractivity contribution in [3.05, 3.63) is 41.7 Å². The number of hydrogen-bond acceptors (Lipinski definition) is 5. The van der Waals surface area contributed by atoms with Crippen LogP contribution in [0.25, 0.3) is 0 Å². The summed E-state index contributed by atoms with van der Waals surface area (Å²) in [5, 5.41) is 4.48. The topological polar surface area (TPSA) is 48.8 Å². The maximum Gasteiger partial charge on any atom is 0.231 e. The highest BCUT2D eigenvalue weighted by molar-refractivity contribution is 5.44. The van der Waals surface area contributed by atoms with Crippen LogP contribution in [0, 0.1) is 0 Å². The standard InChI is InChI=1S/C17H21N3O3/c1-21-7-5-15-11-19(10-14-4-6-18-20(14)15)9-13-2-3-16-17(8-13)23-12-22-16/h2-4,6,8,15H,5,7,9-12H2,1H3. The van der Waals surface area contributed by atoms with Crippen molar-refractivity contribution in [2.24, 2.45) is 0 Å². The third kappa shape index (κ3) is 2.92. The van der Waals surface area contributed by atoms with Crippen LogP contribution in [0.3, 0.4) is 0 Å². The molecule has 23 heavy (non-hydrogen) atoms. The van der Waals surface area contributed by atoms with Gasteiger partial charge in [-0.2, -0.15) is 5.10 Å². The molecule has 0 N–H and O–H groups in total. The minimum atomic E-state index is 0.320. The molecule has 6 heteroatoms. The van der Waals surface area contributed by atoms with Crippen molar-refractivity contribution in [1.29, 1.82) is 0 Å². The van der Waals surface area contributed by atoms with Crippen LogP contribution in [-0.2, 0) is 17.8 Å². The predicted molar refractivity (Wildman–Crippen MR) is 84.4 cm³/mol. The van der Waals surface area contributed by atoms with Crippen molar-refractivity contribution in [2.75, 3.05) is 27.1 Å².